The van der Waals surface area contributed by atoms with E-state index in [1.54, 1.807) is 24.3 Å². The minimum atomic E-state index is -0.495. The number of ether oxygens (including phenoxy) is 1. The van der Waals surface area contributed by atoms with Gasteiger partial charge < -0.3 is 4.74 Å². The van der Waals surface area contributed by atoms with Gasteiger partial charge in [0.1, 0.15) is 11.8 Å². The summed E-state index contributed by atoms with van der Waals surface area (Å²) in [6.45, 7) is 0.114. The van der Waals surface area contributed by atoms with Gasteiger partial charge >= 0.3 is 5.69 Å². The highest BCUT2D eigenvalue weighted by atomic mass is 79.9. The van der Waals surface area contributed by atoms with Crippen LogP contribution in [0.25, 0.3) is 0 Å². The third-order valence-corrected chi connectivity index (χ3v) is 2.97. The summed E-state index contributed by atoms with van der Waals surface area (Å²) < 4.78 is 6.03. The molecule has 2 rings (SSSR count). The Bertz CT molecular complexity index is 622. The van der Waals surface area contributed by atoms with Crippen molar-refractivity contribution in [1.82, 2.24) is 4.98 Å². The first-order chi connectivity index (χ1) is 9.06. The van der Waals surface area contributed by atoms with E-state index in [1.165, 1.54) is 12.1 Å². The van der Waals surface area contributed by atoms with Gasteiger partial charge in [-0.2, -0.15) is 0 Å². The molecule has 19 heavy (non-hydrogen) atoms. The Morgan fingerprint density at radius 3 is 2.84 bits per heavy atom. The van der Waals surface area contributed by atoms with E-state index in [1.807, 2.05) is 0 Å². The summed E-state index contributed by atoms with van der Waals surface area (Å²) in [4.78, 5) is 14.5. The number of aromatic nitrogens is 1. The molecule has 1 aromatic carbocycles. The van der Waals surface area contributed by atoms with Crippen molar-refractivity contribution in [1.29, 1.82) is 0 Å². The van der Waals surface area contributed by atoms with E-state index in [0.29, 0.717) is 15.3 Å². The highest BCUT2D eigenvalue weighted by molar-refractivity contribution is 9.10. The fourth-order valence-corrected chi connectivity index (χ4v) is 1.97. The summed E-state index contributed by atoms with van der Waals surface area (Å²) in [5, 5.41) is 11.3. The lowest BCUT2D eigenvalue weighted by Gasteiger charge is -2.06. The molecule has 0 aliphatic carbocycles. The van der Waals surface area contributed by atoms with Gasteiger partial charge in [-0.3, -0.25) is 10.1 Å². The SMILES string of the molecule is O=[N+]([O-])c1cc(Br)ccc1OCc1cccc(Cl)n1. The van der Waals surface area contributed by atoms with Gasteiger partial charge in [0.25, 0.3) is 0 Å². The van der Waals surface area contributed by atoms with E-state index in [9.17, 15) is 10.1 Å². The Hall–Kier alpha value is -1.66. The summed E-state index contributed by atoms with van der Waals surface area (Å²) in [5.41, 5.74) is 0.501. The molecule has 0 saturated heterocycles. The second kappa shape index (κ2) is 5.99. The van der Waals surface area contributed by atoms with E-state index in [0.717, 1.165) is 0 Å². The molecule has 0 aliphatic heterocycles. The minimum absolute atomic E-state index is 0.101. The van der Waals surface area contributed by atoms with Gasteiger partial charge in [-0.25, -0.2) is 4.98 Å². The third kappa shape index (κ3) is 3.65. The molecule has 0 N–H and O–H groups in total. The highest BCUT2D eigenvalue weighted by Crippen LogP contribution is 2.30. The summed E-state index contributed by atoms with van der Waals surface area (Å²) in [6, 6.07) is 9.72. The first-order valence-corrected chi connectivity index (χ1v) is 6.41. The molecule has 5 nitrogen and oxygen atoms in total. The Labute approximate surface area is 122 Å². The topological polar surface area (TPSA) is 65.3 Å². The fourth-order valence-electron chi connectivity index (χ4n) is 1.44. The fraction of sp³-hybridized carbons (Fsp3) is 0.0833. The maximum Gasteiger partial charge on any atom is 0.312 e. The average molecular weight is 344 g/mol. The van der Waals surface area contributed by atoms with Gasteiger partial charge in [-0.1, -0.05) is 33.6 Å². The zero-order valence-corrected chi connectivity index (χ0v) is 11.9. The maximum absolute atomic E-state index is 10.9. The number of benzene rings is 1. The molecule has 7 heteroatoms. The van der Waals surface area contributed by atoms with E-state index in [4.69, 9.17) is 16.3 Å². The van der Waals surface area contributed by atoms with Gasteiger partial charge in [0.15, 0.2) is 5.75 Å². The zero-order valence-electron chi connectivity index (χ0n) is 9.55. The molecule has 0 amide bonds. The van der Waals surface area contributed by atoms with Gasteiger partial charge in [-0.05, 0) is 24.3 Å². The van der Waals surface area contributed by atoms with Crippen LogP contribution in [0.5, 0.6) is 5.75 Å². The summed E-state index contributed by atoms with van der Waals surface area (Å²) in [6.07, 6.45) is 0. The van der Waals surface area contributed by atoms with Gasteiger partial charge in [-0.15, -0.1) is 0 Å². The molecule has 98 valence electrons. The van der Waals surface area contributed by atoms with Crippen molar-refractivity contribution < 1.29 is 9.66 Å². The molecule has 0 bridgehead atoms. The first kappa shape index (κ1) is 13.8. The zero-order chi connectivity index (χ0) is 13.8. The van der Waals surface area contributed by atoms with Crippen molar-refractivity contribution in [2.75, 3.05) is 0 Å². The summed E-state index contributed by atoms with van der Waals surface area (Å²) >= 11 is 8.93. The van der Waals surface area contributed by atoms with Crippen LogP contribution in [-0.4, -0.2) is 9.91 Å². The normalized spacial score (nSPS) is 10.2. The Morgan fingerprint density at radius 1 is 1.37 bits per heavy atom. The maximum atomic E-state index is 10.9. The molecule has 0 saturated carbocycles. The number of hydrogen-bond donors (Lipinski definition) is 0. The van der Waals surface area contributed by atoms with E-state index < -0.39 is 4.92 Å². The molecule has 0 spiro atoms. The van der Waals surface area contributed by atoms with Crippen molar-refractivity contribution in [2.24, 2.45) is 0 Å². The second-order valence-electron chi connectivity index (χ2n) is 3.61. The van der Waals surface area contributed by atoms with Gasteiger partial charge in [0.05, 0.1) is 10.6 Å². The number of nitrogens with zero attached hydrogens (tertiary/aromatic N) is 2. The number of hydrogen-bond acceptors (Lipinski definition) is 4. The van der Waals surface area contributed by atoms with E-state index in [-0.39, 0.29) is 18.0 Å². The van der Waals surface area contributed by atoms with Crippen LogP contribution in [0.1, 0.15) is 5.69 Å². The number of rotatable bonds is 4. The molecule has 1 aromatic heterocycles. The van der Waals surface area contributed by atoms with Crippen molar-refractivity contribution in [2.45, 2.75) is 6.61 Å². The lowest BCUT2D eigenvalue weighted by atomic mass is 10.3. The molecule has 1 heterocycles. The predicted octanol–water partition coefficient (Wildman–Crippen LogP) is 3.98. The van der Waals surface area contributed by atoms with Crippen LogP contribution in [0.3, 0.4) is 0 Å². The van der Waals surface area contributed by atoms with Crippen LogP contribution < -0.4 is 4.74 Å². The largest absolute Gasteiger partial charge is 0.480 e. The standard InChI is InChI=1S/C12H8BrClN2O3/c13-8-4-5-11(10(6-8)16(17)18)19-7-9-2-1-3-12(14)15-9/h1-6H,7H2. The van der Waals surface area contributed by atoms with Crippen molar-refractivity contribution >= 4 is 33.2 Å². The highest BCUT2D eigenvalue weighted by Gasteiger charge is 2.15. The first-order valence-electron chi connectivity index (χ1n) is 5.24. The lowest BCUT2D eigenvalue weighted by Crippen LogP contribution is -2.00. The molecule has 0 fully saturated rings. The number of nitro groups is 1. The van der Waals surface area contributed by atoms with Crippen LogP contribution in [-0.2, 0) is 6.61 Å². The summed E-state index contributed by atoms with van der Waals surface area (Å²) in [7, 11) is 0. The van der Waals surface area contributed by atoms with Gasteiger partial charge in [0, 0.05) is 10.5 Å². The average Bonchev–Trinajstić information content (AvgIpc) is 2.37. The Morgan fingerprint density at radius 2 is 2.16 bits per heavy atom. The molecule has 0 radical (unpaired) electrons. The number of pyridine rings is 1. The molecule has 0 unspecified atom stereocenters. The summed E-state index contributed by atoms with van der Waals surface area (Å²) in [5.74, 6) is 0.190. The van der Waals surface area contributed by atoms with Crippen LogP contribution in [0.4, 0.5) is 5.69 Å². The van der Waals surface area contributed by atoms with Crippen molar-refractivity contribution in [3.05, 3.63) is 61.8 Å². The quantitative estimate of drug-likeness (QED) is 0.478. The number of halogens is 2. The lowest BCUT2D eigenvalue weighted by molar-refractivity contribution is -0.386. The predicted molar refractivity (Wildman–Crippen MR) is 74.4 cm³/mol. The monoisotopic (exact) mass is 342 g/mol. The minimum Gasteiger partial charge on any atom is -0.480 e. The van der Waals surface area contributed by atoms with E-state index >= 15 is 0 Å². The third-order valence-electron chi connectivity index (χ3n) is 2.27. The van der Waals surface area contributed by atoms with Crippen LogP contribution in [0.2, 0.25) is 5.15 Å². The van der Waals surface area contributed by atoms with E-state index in [2.05, 4.69) is 20.9 Å². The van der Waals surface area contributed by atoms with Crippen molar-refractivity contribution in [3.8, 4) is 5.75 Å². The molecular weight excluding hydrogens is 336 g/mol. The molecular formula is C12H8BrClN2O3. The smallest absolute Gasteiger partial charge is 0.312 e. The van der Waals surface area contributed by atoms with Crippen LogP contribution in [0.15, 0.2) is 40.9 Å². The van der Waals surface area contributed by atoms with Crippen molar-refractivity contribution in [3.63, 3.8) is 0 Å². The second-order valence-corrected chi connectivity index (χ2v) is 4.91. The Balaban J connectivity index is 2.17. The van der Waals surface area contributed by atoms with Crippen LogP contribution in [0, 0.1) is 10.1 Å². The molecule has 0 aliphatic rings. The Kier molecular flexibility index (Phi) is 4.34. The molecule has 2 aromatic rings. The molecule has 0 atom stereocenters. The van der Waals surface area contributed by atoms with Crippen LogP contribution >= 0.6 is 27.5 Å². The number of nitro benzene ring substituents is 1. The van der Waals surface area contributed by atoms with Gasteiger partial charge in [0.2, 0.25) is 0 Å².